The van der Waals surface area contributed by atoms with Crippen LogP contribution in [0, 0.1) is 0 Å². The number of halogens is 2. The third-order valence-corrected chi connectivity index (χ3v) is 8.40. The van der Waals surface area contributed by atoms with Crippen molar-refractivity contribution in [2.75, 3.05) is 6.61 Å². The molecule has 1 aliphatic heterocycles. The predicted octanol–water partition coefficient (Wildman–Crippen LogP) is 6.47. The van der Waals surface area contributed by atoms with E-state index in [4.69, 9.17) is 37.4 Å². The molecule has 3 aromatic carbocycles. The molecular weight excluding hydrogens is 607 g/mol. The van der Waals surface area contributed by atoms with Crippen LogP contribution >= 0.6 is 34.5 Å². The maximum atomic E-state index is 14.0. The number of nitrogens with zero attached hydrogens (tertiary/aromatic N) is 2. The van der Waals surface area contributed by atoms with Gasteiger partial charge in [-0.1, -0.05) is 70.9 Å². The second-order valence-electron chi connectivity index (χ2n) is 10.1. The summed E-state index contributed by atoms with van der Waals surface area (Å²) in [5.41, 5.74) is 2.87. The summed E-state index contributed by atoms with van der Waals surface area (Å²) in [6, 6.07) is 19.5. The summed E-state index contributed by atoms with van der Waals surface area (Å²) >= 11 is 13.5. The molecule has 0 bridgehead atoms. The molecule has 10 heteroatoms. The number of benzene rings is 3. The van der Waals surface area contributed by atoms with Crippen molar-refractivity contribution in [3.05, 3.63) is 124 Å². The summed E-state index contributed by atoms with van der Waals surface area (Å²) in [4.78, 5) is 32.6. The maximum Gasteiger partial charge on any atom is 0.338 e. The molecule has 0 amide bonds. The van der Waals surface area contributed by atoms with E-state index in [9.17, 15) is 9.59 Å². The molecule has 0 spiro atoms. The Morgan fingerprint density at radius 3 is 2.49 bits per heavy atom. The molecule has 1 atom stereocenters. The minimum Gasteiger partial charge on any atom is -0.494 e. The Morgan fingerprint density at radius 2 is 1.79 bits per heavy atom. The lowest BCUT2D eigenvalue weighted by molar-refractivity contribution is -0.143. The highest BCUT2D eigenvalue weighted by molar-refractivity contribution is 7.07. The van der Waals surface area contributed by atoms with Gasteiger partial charge >= 0.3 is 5.97 Å². The number of hydrogen-bond donors (Lipinski definition) is 0. The third-order valence-electron chi connectivity index (χ3n) is 6.68. The lowest BCUT2D eigenvalue weighted by Crippen LogP contribution is -2.40. The first-order chi connectivity index (χ1) is 20.7. The Hall–Kier alpha value is -3.85. The number of ether oxygens (including phenoxy) is 3. The second-order valence-corrected chi connectivity index (χ2v) is 11.9. The number of aromatic nitrogens is 1. The Bertz CT molecular complexity index is 1880. The molecule has 1 aromatic heterocycles. The summed E-state index contributed by atoms with van der Waals surface area (Å²) < 4.78 is 19.3. The van der Waals surface area contributed by atoms with Gasteiger partial charge in [-0.25, -0.2) is 9.79 Å². The first kappa shape index (κ1) is 30.6. The molecule has 0 radical (unpaired) electrons. The Labute approximate surface area is 263 Å². The van der Waals surface area contributed by atoms with Crippen LogP contribution < -0.4 is 24.4 Å². The SMILES string of the molecule is CCOc1ccc([C@@H]2C(C(=O)OC(C)C)=C(C)N=c3s/c(=C/c4ccccc4OCc4ccc(Cl)c(Cl)c4)c(=O)n32)cc1. The summed E-state index contributed by atoms with van der Waals surface area (Å²) in [7, 11) is 0. The van der Waals surface area contributed by atoms with Gasteiger partial charge in [-0.15, -0.1) is 0 Å². The highest BCUT2D eigenvalue weighted by atomic mass is 35.5. The van der Waals surface area contributed by atoms with Crippen LogP contribution in [0.4, 0.5) is 0 Å². The van der Waals surface area contributed by atoms with Gasteiger partial charge < -0.3 is 14.2 Å². The number of thiazole rings is 1. The Balaban J connectivity index is 1.57. The number of para-hydroxylation sites is 1. The molecule has 0 saturated carbocycles. The highest BCUT2D eigenvalue weighted by Gasteiger charge is 2.33. The average Bonchev–Trinajstić information content (AvgIpc) is 3.27. The van der Waals surface area contributed by atoms with Crippen molar-refractivity contribution in [3.8, 4) is 11.5 Å². The topological polar surface area (TPSA) is 79.1 Å². The van der Waals surface area contributed by atoms with Gasteiger partial charge in [-0.2, -0.15) is 0 Å². The zero-order chi connectivity index (χ0) is 30.7. The molecule has 43 heavy (non-hydrogen) atoms. The number of allylic oxidation sites excluding steroid dienone is 1. The van der Waals surface area contributed by atoms with E-state index in [1.54, 1.807) is 43.5 Å². The van der Waals surface area contributed by atoms with E-state index in [0.29, 0.717) is 48.8 Å². The van der Waals surface area contributed by atoms with E-state index in [1.807, 2.05) is 61.5 Å². The van der Waals surface area contributed by atoms with Gasteiger partial charge in [0.15, 0.2) is 4.80 Å². The Morgan fingerprint density at radius 1 is 1.05 bits per heavy atom. The summed E-state index contributed by atoms with van der Waals surface area (Å²) in [5.74, 6) is 0.786. The molecule has 5 rings (SSSR count). The normalized spacial score (nSPS) is 14.9. The number of hydrogen-bond acceptors (Lipinski definition) is 7. The van der Waals surface area contributed by atoms with Gasteiger partial charge in [-0.3, -0.25) is 9.36 Å². The molecule has 0 N–H and O–H groups in total. The summed E-state index contributed by atoms with van der Waals surface area (Å²) in [6.07, 6.45) is 1.45. The fraction of sp³-hybridized carbons (Fsp3) is 0.242. The third kappa shape index (κ3) is 6.72. The quantitative estimate of drug-likeness (QED) is 0.197. The number of rotatable bonds is 9. The van der Waals surface area contributed by atoms with Crippen LogP contribution in [0.5, 0.6) is 11.5 Å². The van der Waals surface area contributed by atoms with Crippen molar-refractivity contribution in [3.63, 3.8) is 0 Å². The summed E-state index contributed by atoms with van der Waals surface area (Å²) in [6.45, 7) is 8.04. The fourth-order valence-corrected chi connectivity index (χ4v) is 6.11. The van der Waals surface area contributed by atoms with Gasteiger partial charge in [0.05, 0.1) is 44.6 Å². The molecule has 0 fully saturated rings. The molecule has 2 heterocycles. The van der Waals surface area contributed by atoms with Gasteiger partial charge in [0.25, 0.3) is 5.56 Å². The van der Waals surface area contributed by atoms with Crippen LogP contribution in [0.3, 0.4) is 0 Å². The van der Waals surface area contributed by atoms with E-state index >= 15 is 0 Å². The molecular formula is C33H30Cl2N2O5S. The minimum atomic E-state index is -0.721. The van der Waals surface area contributed by atoms with Crippen LogP contribution in [-0.2, 0) is 16.1 Å². The largest absolute Gasteiger partial charge is 0.494 e. The van der Waals surface area contributed by atoms with Crippen LogP contribution in [0.15, 0.2) is 87.8 Å². The van der Waals surface area contributed by atoms with Crippen molar-refractivity contribution in [2.45, 2.75) is 46.4 Å². The molecule has 4 aromatic rings. The predicted molar refractivity (Wildman–Crippen MR) is 170 cm³/mol. The van der Waals surface area contributed by atoms with Gasteiger partial charge in [-0.05, 0) is 75.2 Å². The highest BCUT2D eigenvalue weighted by Crippen LogP contribution is 2.32. The van der Waals surface area contributed by atoms with E-state index in [0.717, 1.165) is 16.7 Å². The number of carbonyl (C=O) groups is 1. The molecule has 1 aliphatic rings. The molecule has 0 aliphatic carbocycles. The van der Waals surface area contributed by atoms with Crippen molar-refractivity contribution in [1.82, 2.24) is 4.57 Å². The van der Waals surface area contributed by atoms with Crippen LogP contribution in [0.2, 0.25) is 10.0 Å². The van der Waals surface area contributed by atoms with Gasteiger partial charge in [0.2, 0.25) is 0 Å². The standard InChI is InChI=1S/C33H30Cl2N2O5S/c1-5-40-24-13-11-22(12-14-24)30-29(32(39)42-19(2)3)20(4)36-33-37(30)31(38)28(43-33)17-23-8-6-7-9-27(23)41-18-21-10-15-25(34)26(35)16-21/h6-17,19,30H,5,18H2,1-4H3/b28-17+/t30-/m1/s1. The summed E-state index contributed by atoms with van der Waals surface area (Å²) in [5, 5.41) is 0.923. The number of fused-ring (bicyclic) bond motifs is 1. The van der Waals surface area contributed by atoms with Crippen LogP contribution in [0.25, 0.3) is 6.08 Å². The lowest BCUT2D eigenvalue weighted by Gasteiger charge is -2.25. The molecule has 0 unspecified atom stereocenters. The van der Waals surface area contributed by atoms with Crippen molar-refractivity contribution in [1.29, 1.82) is 0 Å². The zero-order valence-corrected chi connectivity index (χ0v) is 26.4. The maximum absolute atomic E-state index is 14.0. The number of esters is 1. The lowest BCUT2D eigenvalue weighted by atomic mass is 9.96. The smallest absolute Gasteiger partial charge is 0.338 e. The van der Waals surface area contributed by atoms with Crippen molar-refractivity contribution in [2.24, 2.45) is 4.99 Å². The fourth-order valence-electron chi connectivity index (χ4n) is 4.75. The minimum absolute atomic E-state index is 0.265. The number of carbonyl (C=O) groups excluding carboxylic acids is 1. The van der Waals surface area contributed by atoms with Crippen LogP contribution in [-0.4, -0.2) is 23.2 Å². The molecule has 0 saturated heterocycles. The average molecular weight is 638 g/mol. The van der Waals surface area contributed by atoms with E-state index in [2.05, 4.69) is 4.99 Å². The van der Waals surface area contributed by atoms with Crippen molar-refractivity contribution >= 4 is 46.6 Å². The first-order valence-corrected chi connectivity index (χ1v) is 15.4. The Kier molecular flexibility index (Phi) is 9.40. The van der Waals surface area contributed by atoms with Gasteiger partial charge in [0, 0.05) is 5.56 Å². The first-order valence-electron chi connectivity index (χ1n) is 13.8. The second kappa shape index (κ2) is 13.2. The van der Waals surface area contributed by atoms with E-state index in [1.165, 1.54) is 11.3 Å². The van der Waals surface area contributed by atoms with Crippen LogP contribution in [0.1, 0.15) is 50.4 Å². The van der Waals surface area contributed by atoms with E-state index in [-0.39, 0.29) is 18.3 Å². The monoisotopic (exact) mass is 636 g/mol. The van der Waals surface area contributed by atoms with Gasteiger partial charge in [0.1, 0.15) is 18.1 Å². The molecule has 7 nitrogen and oxygen atoms in total. The zero-order valence-electron chi connectivity index (χ0n) is 24.1. The van der Waals surface area contributed by atoms with Crippen molar-refractivity contribution < 1.29 is 19.0 Å². The molecule has 222 valence electrons. The van der Waals surface area contributed by atoms with E-state index < -0.39 is 12.0 Å².